The van der Waals surface area contributed by atoms with Crippen molar-refractivity contribution in [2.45, 2.75) is 13.0 Å². The highest BCUT2D eigenvalue weighted by molar-refractivity contribution is 5.58. The molecule has 0 amide bonds. The molecule has 0 saturated carbocycles. The van der Waals surface area contributed by atoms with Crippen molar-refractivity contribution < 1.29 is 4.39 Å². The number of aromatic nitrogens is 3. The van der Waals surface area contributed by atoms with Crippen LogP contribution in [0.2, 0.25) is 0 Å². The van der Waals surface area contributed by atoms with Crippen LogP contribution in [0.4, 0.5) is 4.39 Å². The molecule has 2 heterocycles. The van der Waals surface area contributed by atoms with Crippen LogP contribution in [0.25, 0.3) is 11.3 Å². The van der Waals surface area contributed by atoms with Gasteiger partial charge in [-0.15, -0.1) is 0 Å². The number of aryl methyl sites for hydroxylation is 2. The van der Waals surface area contributed by atoms with Gasteiger partial charge in [0, 0.05) is 18.3 Å². The van der Waals surface area contributed by atoms with Gasteiger partial charge in [-0.3, -0.25) is 0 Å². The van der Waals surface area contributed by atoms with Crippen molar-refractivity contribution in [2.75, 3.05) is 0 Å². The monoisotopic (exact) mass is 292 g/mol. The first-order valence-corrected chi connectivity index (χ1v) is 6.87. The smallest absolute Gasteiger partial charge is 0.140 e. The van der Waals surface area contributed by atoms with Gasteiger partial charge in [0.25, 0.3) is 0 Å². The van der Waals surface area contributed by atoms with Crippen molar-refractivity contribution in [2.24, 2.45) is 0 Å². The minimum absolute atomic E-state index is 0.226. The summed E-state index contributed by atoms with van der Waals surface area (Å²) >= 11 is 0. The Morgan fingerprint density at radius 2 is 1.91 bits per heavy atom. The van der Waals surface area contributed by atoms with Crippen molar-refractivity contribution in [1.29, 1.82) is 5.26 Å². The zero-order valence-electron chi connectivity index (χ0n) is 11.8. The molecule has 108 valence electrons. The molecule has 0 aliphatic rings. The van der Waals surface area contributed by atoms with Gasteiger partial charge >= 0.3 is 0 Å². The van der Waals surface area contributed by atoms with Crippen LogP contribution in [0, 0.1) is 17.1 Å². The van der Waals surface area contributed by atoms with E-state index in [4.69, 9.17) is 5.26 Å². The number of hydrogen-bond donors (Lipinski definition) is 0. The Balaban J connectivity index is 1.77. The van der Waals surface area contributed by atoms with Crippen LogP contribution in [0.5, 0.6) is 0 Å². The highest BCUT2D eigenvalue weighted by Crippen LogP contribution is 2.18. The average Bonchev–Trinajstić information content (AvgIpc) is 3.03. The molecule has 0 unspecified atom stereocenters. The summed E-state index contributed by atoms with van der Waals surface area (Å²) in [5.41, 5.74) is 3.31. The first kappa shape index (κ1) is 14.0. The van der Waals surface area contributed by atoms with E-state index in [9.17, 15) is 4.39 Å². The highest BCUT2D eigenvalue weighted by atomic mass is 19.1. The molecule has 0 spiro atoms. The molecule has 2 aromatic heterocycles. The Morgan fingerprint density at radius 3 is 2.59 bits per heavy atom. The van der Waals surface area contributed by atoms with Crippen molar-refractivity contribution in [1.82, 2.24) is 14.5 Å². The van der Waals surface area contributed by atoms with Crippen LogP contribution < -0.4 is 0 Å². The predicted molar refractivity (Wildman–Crippen MR) is 80.3 cm³/mol. The number of rotatable bonds is 4. The molecule has 0 saturated heterocycles. The first-order valence-electron chi connectivity index (χ1n) is 6.87. The lowest BCUT2D eigenvalue weighted by Crippen LogP contribution is -2.02. The molecule has 5 heteroatoms. The van der Waals surface area contributed by atoms with Gasteiger partial charge in [-0.05, 0) is 36.2 Å². The summed E-state index contributed by atoms with van der Waals surface area (Å²) in [6.45, 7) is 0.737. The molecule has 4 nitrogen and oxygen atoms in total. The molecule has 22 heavy (non-hydrogen) atoms. The second-order valence-electron chi connectivity index (χ2n) is 4.89. The highest BCUT2D eigenvalue weighted by Gasteiger charge is 2.06. The molecule has 3 rings (SSSR count). The molecule has 0 fully saturated rings. The van der Waals surface area contributed by atoms with E-state index in [0.717, 1.165) is 29.8 Å². The number of imidazole rings is 1. The lowest BCUT2D eigenvalue weighted by molar-refractivity contribution is 0.625. The number of benzene rings is 1. The SMILES string of the molecule is N#Cc1ccc(-c2cncn2CCc2ccc(F)cc2)cn1. The van der Waals surface area contributed by atoms with Gasteiger partial charge in [-0.25, -0.2) is 14.4 Å². The molecule has 0 N–H and O–H groups in total. The van der Waals surface area contributed by atoms with E-state index >= 15 is 0 Å². The van der Waals surface area contributed by atoms with Gasteiger partial charge in [0.15, 0.2) is 0 Å². The maximum absolute atomic E-state index is 12.9. The molecule has 1 aromatic carbocycles. The standard InChI is InChI=1S/C17H13FN4/c18-15-4-1-13(2-5-15)7-8-22-12-20-11-17(22)14-3-6-16(9-19)21-10-14/h1-6,10-12H,7-8H2. The van der Waals surface area contributed by atoms with Crippen LogP contribution in [0.3, 0.4) is 0 Å². The summed E-state index contributed by atoms with van der Waals surface area (Å²) in [5, 5.41) is 8.79. The largest absolute Gasteiger partial charge is 0.330 e. The van der Waals surface area contributed by atoms with Crippen LogP contribution in [-0.4, -0.2) is 14.5 Å². The quantitative estimate of drug-likeness (QED) is 0.742. The van der Waals surface area contributed by atoms with Gasteiger partial charge in [-0.2, -0.15) is 5.26 Å². The number of hydrogen-bond acceptors (Lipinski definition) is 3. The van der Waals surface area contributed by atoms with Gasteiger partial charge in [0.05, 0.1) is 18.2 Å². The minimum Gasteiger partial charge on any atom is -0.330 e. The number of nitriles is 1. The average molecular weight is 292 g/mol. The Morgan fingerprint density at radius 1 is 1.09 bits per heavy atom. The van der Waals surface area contributed by atoms with Crippen LogP contribution in [0.15, 0.2) is 55.1 Å². The fourth-order valence-electron chi connectivity index (χ4n) is 2.25. The summed E-state index contributed by atoms with van der Waals surface area (Å²) in [4.78, 5) is 8.26. The van der Waals surface area contributed by atoms with E-state index in [1.54, 1.807) is 36.9 Å². The molecular weight excluding hydrogens is 279 g/mol. The third-order valence-electron chi connectivity index (χ3n) is 3.44. The predicted octanol–water partition coefficient (Wildman–Crippen LogP) is 3.20. The fourth-order valence-corrected chi connectivity index (χ4v) is 2.25. The second-order valence-corrected chi connectivity index (χ2v) is 4.89. The summed E-state index contributed by atoms with van der Waals surface area (Å²) in [6.07, 6.45) is 5.99. The third-order valence-corrected chi connectivity index (χ3v) is 3.44. The van der Waals surface area contributed by atoms with Crippen LogP contribution >= 0.6 is 0 Å². The van der Waals surface area contributed by atoms with Gasteiger partial charge < -0.3 is 4.57 Å². The zero-order chi connectivity index (χ0) is 15.4. The topological polar surface area (TPSA) is 54.5 Å². The van der Waals surface area contributed by atoms with E-state index in [-0.39, 0.29) is 5.82 Å². The Hall–Kier alpha value is -3.00. The molecule has 3 aromatic rings. The lowest BCUT2D eigenvalue weighted by Gasteiger charge is -2.08. The first-order chi connectivity index (χ1) is 10.8. The molecular formula is C17H13FN4. The fraction of sp³-hybridized carbons (Fsp3) is 0.118. The molecule has 0 atom stereocenters. The molecule has 0 aliphatic carbocycles. The van der Waals surface area contributed by atoms with Crippen molar-refractivity contribution >= 4 is 0 Å². The Labute approximate surface area is 127 Å². The van der Waals surface area contributed by atoms with Crippen molar-refractivity contribution in [3.63, 3.8) is 0 Å². The van der Waals surface area contributed by atoms with E-state index in [1.807, 2.05) is 16.7 Å². The summed E-state index contributed by atoms with van der Waals surface area (Å²) in [5.74, 6) is -0.226. The third kappa shape index (κ3) is 3.01. The maximum Gasteiger partial charge on any atom is 0.140 e. The normalized spacial score (nSPS) is 10.4. The van der Waals surface area contributed by atoms with E-state index in [2.05, 4.69) is 9.97 Å². The maximum atomic E-state index is 12.9. The van der Waals surface area contributed by atoms with Crippen LogP contribution in [-0.2, 0) is 13.0 Å². The number of pyridine rings is 1. The minimum atomic E-state index is -0.226. The zero-order valence-corrected chi connectivity index (χ0v) is 11.8. The number of halogens is 1. The van der Waals surface area contributed by atoms with E-state index < -0.39 is 0 Å². The van der Waals surface area contributed by atoms with Gasteiger partial charge in [0.2, 0.25) is 0 Å². The molecule has 0 radical (unpaired) electrons. The summed E-state index contributed by atoms with van der Waals surface area (Å²) < 4.78 is 14.9. The molecule has 0 bridgehead atoms. The van der Waals surface area contributed by atoms with Gasteiger partial charge in [0.1, 0.15) is 17.6 Å². The second kappa shape index (κ2) is 6.19. The number of nitrogens with zero attached hydrogens (tertiary/aromatic N) is 4. The summed E-state index contributed by atoms with van der Waals surface area (Å²) in [6, 6.07) is 12.1. The molecule has 0 aliphatic heterocycles. The van der Waals surface area contributed by atoms with Crippen LogP contribution in [0.1, 0.15) is 11.3 Å². The van der Waals surface area contributed by atoms with Gasteiger partial charge in [-0.1, -0.05) is 12.1 Å². The Bertz CT molecular complexity index is 798. The van der Waals surface area contributed by atoms with Crippen molar-refractivity contribution in [3.8, 4) is 17.3 Å². The Kier molecular flexibility index (Phi) is 3.92. The van der Waals surface area contributed by atoms with Crippen molar-refractivity contribution in [3.05, 3.63) is 72.2 Å². The van der Waals surface area contributed by atoms with E-state index in [1.165, 1.54) is 12.1 Å². The lowest BCUT2D eigenvalue weighted by atomic mass is 10.1. The van der Waals surface area contributed by atoms with E-state index in [0.29, 0.717) is 5.69 Å². The summed E-state index contributed by atoms with van der Waals surface area (Å²) in [7, 11) is 0.